The number of amides is 1. The highest BCUT2D eigenvalue weighted by molar-refractivity contribution is 5.95. The summed E-state index contributed by atoms with van der Waals surface area (Å²) in [4.78, 5) is 13.7. The number of nitrogens with one attached hydrogen (secondary N) is 1. The lowest BCUT2D eigenvalue weighted by Gasteiger charge is -2.37. The van der Waals surface area contributed by atoms with Crippen LogP contribution in [0.4, 0.5) is 39.5 Å². The van der Waals surface area contributed by atoms with Crippen molar-refractivity contribution in [3.05, 3.63) is 130 Å². The molecule has 44 heavy (non-hydrogen) atoms. The summed E-state index contributed by atoms with van der Waals surface area (Å²) in [5.74, 6) is -4.71. The first-order valence-electron chi connectivity index (χ1n) is 12.7. The van der Waals surface area contributed by atoms with E-state index in [2.05, 4.69) is 10.1 Å². The summed E-state index contributed by atoms with van der Waals surface area (Å²) in [6.45, 7) is 0. The highest BCUT2D eigenvalue weighted by atomic mass is 19.4. The molecule has 1 atom stereocenters. The van der Waals surface area contributed by atoms with Crippen molar-refractivity contribution in [2.45, 2.75) is 30.7 Å². The summed E-state index contributed by atoms with van der Waals surface area (Å²) >= 11 is 0. The van der Waals surface area contributed by atoms with E-state index in [9.17, 15) is 44.3 Å². The van der Waals surface area contributed by atoms with Crippen LogP contribution in [-0.4, -0.2) is 25.6 Å². The number of rotatable bonds is 10. The maximum absolute atomic E-state index is 15.0. The quantitative estimate of drug-likeness (QED) is 0.181. The van der Waals surface area contributed by atoms with E-state index in [0.29, 0.717) is 17.7 Å². The number of alkyl halides is 7. The molecular formula is C31H22F9NO3. The van der Waals surface area contributed by atoms with Gasteiger partial charge in [-0.2, -0.15) is 30.7 Å². The normalized spacial score (nSPS) is 13.3. The molecule has 0 saturated carbocycles. The highest BCUT2D eigenvalue weighted by Gasteiger charge is 2.45. The third kappa shape index (κ3) is 7.09. The Labute approximate surface area is 245 Å². The maximum atomic E-state index is 15.0. The molecule has 4 rings (SSSR count). The zero-order valence-corrected chi connectivity index (χ0v) is 22.6. The van der Waals surface area contributed by atoms with E-state index in [0.717, 1.165) is 43.5 Å². The van der Waals surface area contributed by atoms with Crippen molar-refractivity contribution in [3.63, 3.8) is 0 Å². The van der Waals surface area contributed by atoms with Crippen molar-refractivity contribution in [2.75, 3.05) is 7.11 Å². The molecular weight excluding hydrogens is 605 g/mol. The fraction of sp³-hybridized carbons (Fsp3) is 0.194. The lowest BCUT2D eigenvalue weighted by molar-refractivity contribution is -0.253. The second-order valence-corrected chi connectivity index (χ2v) is 9.58. The smallest absolute Gasteiger partial charge is 0.461 e. The third-order valence-electron chi connectivity index (χ3n) is 6.62. The molecule has 0 heterocycles. The van der Waals surface area contributed by atoms with E-state index in [1.165, 1.54) is 12.1 Å². The minimum Gasteiger partial charge on any atom is -0.496 e. The summed E-state index contributed by atoms with van der Waals surface area (Å²) in [5, 5.41) is 2.58. The number of carbonyl (C=O) groups excluding carboxylic acids is 1. The number of benzene rings is 4. The molecule has 4 nitrogen and oxygen atoms in total. The third-order valence-corrected chi connectivity index (χ3v) is 6.62. The Balaban J connectivity index is 1.95. The standard InChI is InChI=1S/C31H22F9NO3/c1-43-26-12-7-19(13-25(26)30(36,37)38)27(42)41-29(17-18-5-3-2-4-6-18,20-8-10-22(32)11-9-20)21-14-23(33)16-24(15-21)44-31(39,40)28(34)35/h2-16,28H,17H2,1H3,(H,41,42)/t29-/m1/s1. The summed E-state index contributed by atoms with van der Waals surface area (Å²) < 4.78 is 133. The van der Waals surface area contributed by atoms with E-state index in [1.807, 2.05) is 0 Å². The molecule has 0 saturated heterocycles. The fourth-order valence-electron chi connectivity index (χ4n) is 4.60. The molecule has 0 fully saturated rings. The van der Waals surface area contributed by atoms with Crippen LogP contribution in [0.5, 0.6) is 11.5 Å². The van der Waals surface area contributed by atoms with Gasteiger partial charge in [-0.25, -0.2) is 8.78 Å². The van der Waals surface area contributed by atoms with Crippen molar-refractivity contribution in [2.24, 2.45) is 0 Å². The molecule has 0 bridgehead atoms. The van der Waals surface area contributed by atoms with E-state index >= 15 is 0 Å². The molecule has 0 aliphatic carbocycles. The molecule has 1 amide bonds. The summed E-state index contributed by atoms with van der Waals surface area (Å²) in [6, 6.07) is 16.8. The zero-order chi connectivity index (χ0) is 32.3. The Morgan fingerprint density at radius 1 is 0.795 bits per heavy atom. The molecule has 0 spiro atoms. The number of hydrogen-bond donors (Lipinski definition) is 1. The predicted molar refractivity (Wildman–Crippen MR) is 141 cm³/mol. The molecule has 0 aliphatic heterocycles. The Hall–Kier alpha value is -4.68. The molecule has 0 radical (unpaired) electrons. The van der Waals surface area contributed by atoms with Crippen LogP contribution in [0.15, 0.2) is 91.0 Å². The van der Waals surface area contributed by atoms with Crippen LogP contribution in [0.3, 0.4) is 0 Å². The Kier molecular flexibility index (Phi) is 9.17. The van der Waals surface area contributed by atoms with Gasteiger partial charge in [0.05, 0.1) is 18.2 Å². The average Bonchev–Trinajstić information content (AvgIpc) is 2.96. The highest BCUT2D eigenvalue weighted by Crippen LogP contribution is 2.40. The topological polar surface area (TPSA) is 47.6 Å². The largest absolute Gasteiger partial charge is 0.496 e. The number of ether oxygens (including phenoxy) is 2. The summed E-state index contributed by atoms with van der Waals surface area (Å²) in [7, 11) is 1.00. The molecule has 4 aromatic rings. The van der Waals surface area contributed by atoms with Gasteiger partial charge in [0, 0.05) is 18.1 Å². The second-order valence-electron chi connectivity index (χ2n) is 9.58. The van der Waals surface area contributed by atoms with Crippen molar-refractivity contribution < 1.29 is 53.8 Å². The number of carbonyl (C=O) groups is 1. The van der Waals surface area contributed by atoms with Gasteiger partial charge in [0.15, 0.2) is 0 Å². The van der Waals surface area contributed by atoms with Gasteiger partial charge in [-0.15, -0.1) is 0 Å². The van der Waals surface area contributed by atoms with Gasteiger partial charge >= 0.3 is 18.7 Å². The Bertz CT molecular complexity index is 1610. The number of methoxy groups -OCH3 is 1. The second kappa shape index (κ2) is 12.5. The lowest BCUT2D eigenvalue weighted by atomic mass is 9.77. The van der Waals surface area contributed by atoms with Crippen molar-refractivity contribution in [3.8, 4) is 11.5 Å². The van der Waals surface area contributed by atoms with E-state index in [-0.39, 0.29) is 17.5 Å². The first-order chi connectivity index (χ1) is 20.6. The molecule has 13 heteroatoms. The number of hydrogen-bond acceptors (Lipinski definition) is 3. The molecule has 0 aromatic heterocycles. The van der Waals surface area contributed by atoms with Crippen LogP contribution in [0, 0.1) is 11.6 Å². The van der Waals surface area contributed by atoms with Crippen LogP contribution < -0.4 is 14.8 Å². The fourth-order valence-corrected chi connectivity index (χ4v) is 4.60. The minimum absolute atomic E-state index is 0.0397. The van der Waals surface area contributed by atoms with Gasteiger partial charge in [-0.3, -0.25) is 4.79 Å². The molecule has 1 N–H and O–H groups in total. The molecule has 4 aromatic carbocycles. The van der Waals surface area contributed by atoms with Crippen LogP contribution in [0.25, 0.3) is 0 Å². The molecule has 0 aliphatic rings. The monoisotopic (exact) mass is 627 g/mol. The van der Waals surface area contributed by atoms with Crippen LogP contribution in [-0.2, 0) is 18.1 Å². The SMILES string of the molecule is COc1ccc(C(=O)N[C@](Cc2ccccc2)(c2ccc(F)cc2)c2cc(F)cc(OC(F)(F)C(F)F)c2)cc1C(F)(F)F. The van der Waals surface area contributed by atoms with Gasteiger partial charge in [0.2, 0.25) is 0 Å². The van der Waals surface area contributed by atoms with Crippen LogP contribution in [0.1, 0.15) is 32.6 Å². The lowest BCUT2D eigenvalue weighted by Crippen LogP contribution is -2.48. The molecule has 0 unspecified atom stereocenters. The minimum atomic E-state index is -5.02. The van der Waals surface area contributed by atoms with E-state index in [1.54, 1.807) is 30.3 Å². The van der Waals surface area contributed by atoms with Crippen molar-refractivity contribution in [1.82, 2.24) is 5.32 Å². The van der Waals surface area contributed by atoms with Gasteiger partial charge in [0.1, 0.15) is 23.1 Å². The average molecular weight is 628 g/mol. The van der Waals surface area contributed by atoms with Crippen molar-refractivity contribution >= 4 is 5.91 Å². The molecule has 232 valence electrons. The van der Waals surface area contributed by atoms with Crippen LogP contribution >= 0.6 is 0 Å². The zero-order valence-electron chi connectivity index (χ0n) is 22.6. The van der Waals surface area contributed by atoms with Gasteiger partial charge in [-0.1, -0.05) is 42.5 Å². The van der Waals surface area contributed by atoms with Gasteiger partial charge in [-0.05, 0) is 59.2 Å². The number of halogens is 9. The van der Waals surface area contributed by atoms with Crippen molar-refractivity contribution in [1.29, 1.82) is 0 Å². The van der Waals surface area contributed by atoms with Gasteiger partial charge < -0.3 is 14.8 Å². The summed E-state index contributed by atoms with van der Waals surface area (Å²) in [6.07, 6.45) is -14.5. The first kappa shape index (κ1) is 32.2. The van der Waals surface area contributed by atoms with E-state index in [4.69, 9.17) is 4.74 Å². The summed E-state index contributed by atoms with van der Waals surface area (Å²) in [5.41, 5.74) is -3.64. The maximum Gasteiger partial charge on any atom is 0.461 e. The predicted octanol–water partition coefficient (Wildman–Crippen LogP) is 8.15. The Morgan fingerprint density at radius 2 is 1.45 bits per heavy atom. The van der Waals surface area contributed by atoms with E-state index < -0.39 is 64.4 Å². The van der Waals surface area contributed by atoms with Crippen LogP contribution in [0.2, 0.25) is 0 Å². The Morgan fingerprint density at radius 3 is 2.05 bits per heavy atom. The first-order valence-corrected chi connectivity index (χ1v) is 12.7. The van der Waals surface area contributed by atoms with Gasteiger partial charge in [0.25, 0.3) is 5.91 Å².